The molecule has 6 N–H and O–H groups in total. The lowest BCUT2D eigenvalue weighted by atomic mass is 9.94. The molecule has 0 fully saturated rings. The Morgan fingerprint density at radius 3 is 0.778 bits per heavy atom. The molecule has 0 unspecified atom stereocenters. The van der Waals surface area contributed by atoms with Crippen LogP contribution in [0.3, 0.4) is 0 Å². The fourth-order valence-corrected chi connectivity index (χ4v) is 6.71. The number of rotatable bonds is 12. The van der Waals surface area contributed by atoms with Gasteiger partial charge in [-0.25, -0.2) is 0 Å². The lowest BCUT2D eigenvalue weighted by Gasteiger charge is -2.18. The first-order valence-corrected chi connectivity index (χ1v) is 17.9. The Bertz CT molecular complexity index is 1980. The lowest BCUT2D eigenvalue weighted by molar-refractivity contribution is 0.377. The average Bonchev–Trinajstić information content (AvgIpc) is 3.26. The van der Waals surface area contributed by atoms with E-state index in [1.165, 1.54) is 0 Å². The Morgan fingerprint density at radius 1 is 0.352 bits per heavy atom. The summed E-state index contributed by atoms with van der Waals surface area (Å²) in [5, 5.41) is 0. The second-order valence-electron chi connectivity index (χ2n) is 13.2. The summed E-state index contributed by atoms with van der Waals surface area (Å²) in [6.45, 7) is 1.37. The summed E-state index contributed by atoms with van der Waals surface area (Å²) in [6, 6.07) is 35.8. The van der Waals surface area contributed by atoms with E-state index < -0.39 is 0 Å². The molecule has 0 bridgehead atoms. The third kappa shape index (κ3) is 7.99. The summed E-state index contributed by atoms with van der Waals surface area (Å²) in [5.74, 6) is 5.81. The van der Waals surface area contributed by atoms with Gasteiger partial charge in [-0.15, -0.1) is 0 Å². The van der Waals surface area contributed by atoms with Crippen LogP contribution in [0.15, 0.2) is 109 Å². The Hall–Kier alpha value is -6.00. The first-order valence-electron chi connectivity index (χ1n) is 17.9. The minimum atomic E-state index is 0.458. The highest BCUT2D eigenvalue weighted by Gasteiger charge is 2.23. The minimum absolute atomic E-state index is 0.458. The molecule has 0 saturated carbocycles. The van der Waals surface area contributed by atoms with Crippen LogP contribution in [0.1, 0.15) is 50.1 Å². The third-order valence-electron chi connectivity index (χ3n) is 9.76. The van der Waals surface area contributed by atoms with Gasteiger partial charge in [0.25, 0.3) is 0 Å². The summed E-state index contributed by atoms with van der Waals surface area (Å²) in [4.78, 5) is 0. The van der Waals surface area contributed by atoms with Crippen LogP contribution < -0.4 is 45.6 Å². The van der Waals surface area contributed by atoms with Crippen molar-refractivity contribution in [2.45, 2.75) is 38.9 Å². The number of methoxy groups -OCH3 is 3. The molecule has 1 aliphatic carbocycles. The molecule has 1 aliphatic rings. The van der Waals surface area contributed by atoms with E-state index in [4.69, 9.17) is 45.6 Å². The second-order valence-corrected chi connectivity index (χ2v) is 13.2. The molecule has 0 aliphatic heterocycles. The SMILES string of the molecule is COc1cc2c(cc1Oc1ccc(CN)cc1)Cc1cc(OC)c(Oc3ccc(CN)cc3)cc1Cc1cc(OC)c(Oc3ccc(CN)cc3)cc1C2. The number of benzene rings is 6. The molecule has 0 radical (unpaired) electrons. The van der Waals surface area contributed by atoms with Gasteiger partial charge in [-0.3, -0.25) is 0 Å². The first-order chi connectivity index (χ1) is 26.4. The molecule has 0 amide bonds. The highest BCUT2D eigenvalue weighted by molar-refractivity contribution is 5.59. The van der Waals surface area contributed by atoms with Crippen LogP contribution in [0.2, 0.25) is 0 Å². The van der Waals surface area contributed by atoms with E-state index >= 15 is 0 Å². The number of nitrogens with two attached hydrogens (primary N) is 3. The molecular weight excluding hydrogens is 679 g/mol. The molecule has 6 aromatic carbocycles. The van der Waals surface area contributed by atoms with Crippen LogP contribution in [0, 0.1) is 0 Å². The van der Waals surface area contributed by atoms with E-state index in [0.717, 1.165) is 50.1 Å². The van der Waals surface area contributed by atoms with Crippen LogP contribution in [0.4, 0.5) is 0 Å². The van der Waals surface area contributed by atoms with Crippen molar-refractivity contribution in [2.24, 2.45) is 17.2 Å². The van der Waals surface area contributed by atoms with Gasteiger partial charge < -0.3 is 45.6 Å². The smallest absolute Gasteiger partial charge is 0.169 e. The average molecular weight is 724 g/mol. The van der Waals surface area contributed by atoms with E-state index in [0.29, 0.717) is 90.6 Å². The van der Waals surface area contributed by atoms with Crippen molar-refractivity contribution in [2.75, 3.05) is 21.3 Å². The number of fused-ring (bicyclic) bond motifs is 3. The fraction of sp³-hybridized carbons (Fsp3) is 0.200. The third-order valence-corrected chi connectivity index (χ3v) is 9.76. The van der Waals surface area contributed by atoms with Crippen molar-refractivity contribution in [3.05, 3.63) is 159 Å². The van der Waals surface area contributed by atoms with Crippen molar-refractivity contribution in [1.29, 1.82) is 0 Å². The topological polar surface area (TPSA) is 133 Å². The minimum Gasteiger partial charge on any atom is -0.493 e. The zero-order valence-corrected chi connectivity index (χ0v) is 30.8. The molecule has 6 aromatic rings. The summed E-state index contributed by atoms with van der Waals surface area (Å²) in [6.07, 6.45) is 1.84. The predicted molar refractivity (Wildman–Crippen MR) is 211 cm³/mol. The van der Waals surface area contributed by atoms with E-state index in [1.54, 1.807) is 21.3 Å². The molecule has 276 valence electrons. The van der Waals surface area contributed by atoms with Gasteiger partial charge in [0.15, 0.2) is 34.5 Å². The summed E-state index contributed by atoms with van der Waals surface area (Å²) in [7, 11) is 4.98. The van der Waals surface area contributed by atoms with Crippen LogP contribution in [-0.2, 0) is 38.9 Å². The van der Waals surface area contributed by atoms with Gasteiger partial charge in [-0.2, -0.15) is 0 Å². The Morgan fingerprint density at radius 2 is 0.574 bits per heavy atom. The Labute approximate surface area is 316 Å². The van der Waals surface area contributed by atoms with Crippen LogP contribution in [-0.4, -0.2) is 21.3 Å². The molecule has 0 atom stereocenters. The van der Waals surface area contributed by atoms with Crippen LogP contribution in [0.5, 0.6) is 51.7 Å². The van der Waals surface area contributed by atoms with Crippen molar-refractivity contribution >= 4 is 0 Å². The van der Waals surface area contributed by atoms with E-state index in [1.807, 2.05) is 72.8 Å². The summed E-state index contributed by atoms with van der Waals surface area (Å²) in [5.41, 5.74) is 27.1. The molecule has 0 heterocycles. The van der Waals surface area contributed by atoms with Gasteiger partial charge in [0.2, 0.25) is 0 Å². The predicted octanol–water partition coefficient (Wildman–Crippen LogP) is 8.55. The standard InChI is InChI=1S/C45H45N3O6/c1-49-40-19-31-16-35-23-44(53-38-12-6-29(26-47)7-13-38)42(51-3)21-33(35)18-36-24-45(54-39-14-8-30(27-48)9-15-39)41(50-2)20-32(36)17-34(31)22-43(40)52-37-10-4-28(25-46)5-11-37/h4-15,19-24H,16-18,25-27,46-48H2,1-3H3. The number of ether oxygens (including phenoxy) is 6. The molecule has 54 heavy (non-hydrogen) atoms. The van der Waals surface area contributed by atoms with Gasteiger partial charge in [0.05, 0.1) is 21.3 Å². The zero-order valence-electron chi connectivity index (χ0n) is 30.8. The van der Waals surface area contributed by atoms with Gasteiger partial charge in [-0.1, -0.05) is 36.4 Å². The molecule has 7 rings (SSSR count). The molecule has 9 nitrogen and oxygen atoms in total. The molecule has 0 saturated heterocycles. The summed E-state index contributed by atoms with van der Waals surface area (Å²) >= 11 is 0. The maximum atomic E-state index is 6.44. The first kappa shape index (κ1) is 36.4. The van der Waals surface area contributed by atoms with Crippen molar-refractivity contribution in [3.8, 4) is 51.7 Å². The van der Waals surface area contributed by atoms with Crippen molar-refractivity contribution < 1.29 is 28.4 Å². The van der Waals surface area contributed by atoms with Gasteiger partial charge in [-0.05, 0) is 142 Å². The van der Waals surface area contributed by atoms with E-state index in [9.17, 15) is 0 Å². The molecule has 0 aromatic heterocycles. The Kier molecular flexibility index (Phi) is 11.0. The maximum absolute atomic E-state index is 6.44. The zero-order chi connectivity index (χ0) is 37.6. The van der Waals surface area contributed by atoms with Gasteiger partial charge in [0, 0.05) is 19.6 Å². The lowest BCUT2D eigenvalue weighted by Crippen LogP contribution is -2.02. The maximum Gasteiger partial charge on any atom is 0.169 e. The Balaban J connectivity index is 1.36. The fourth-order valence-electron chi connectivity index (χ4n) is 6.71. The van der Waals surface area contributed by atoms with Crippen molar-refractivity contribution in [1.82, 2.24) is 0 Å². The number of hydrogen-bond acceptors (Lipinski definition) is 9. The highest BCUT2D eigenvalue weighted by Crippen LogP contribution is 2.43. The molecular formula is C45H45N3O6. The molecule has 9 heteroatoms. The monoisotopic (exact) mass is 723 g/mol. The highest BCUT2D eigenvalue weighted by atomic mass is 16.5. The largest absolute Gasteiger partial charge is 0.493 e. The quantitative estimate of drug-likeness (QED) is 0.113. The molecule has 0 spiro atoms. The normalized spacial score (nSPS) is 11.9. The van der Waals surface area contributed by atoms with Gasteiger partial charge in [0.1, 0.15) is 17.2 Å². The van der Waals surface area contributed by atoms with Crippen molar-refractivity contribution in [3.63, 3.8) is 0 Å². The van der Waals surface area contributed by atoms with Gasteiger partial charge >= 0.3 is 0 Å². The second kappa shape index (κ2) is 16.3. The van der Waals surface area contributed by atoms with Crippen LogP contribution >= 0.6 is 0 Å². The van der Waals surface area contributed by atoms with E-state index in [2.05, 4.69) is 36.4 Å². The van der Waals surface area contributed by atoms with E-state index in [-0.39, 0.29) is 0 Å². The van der Waals surface area contributed by atoms with Crippen LogP contribution in [0.25, 0.3) is 0 Å². The summed E-state index contributed by atoms with van der Waals surface area (Å²) < 4.78 is 37.1. The number of hydrogen-bond donors (Lipinski definition) is 3.